The molecule has 0 bridgehead atoms. The number of alkyl halides is 3. The summed E-state index contributed by atoms with van der Waals surface area (Å²) in [7, 11) is 0. The van der Waals surface area contributed by atoms with E-state index in [4.69, 9.17) is 14.6 Å². The van der Waals surface area contributed by atoms with Gasteiger partial charge in [0.05, 0.1) is 5.56 Å². The van der Waals surface area contributed by atoms with Gasteiger partial charge in [0.15, 0.2) is 0 Å². The summed E-state index contributed by atoms with van der Waals surface area (Å²) in [5, 5.41) is 8.81. The molecular formula is C23H26F3NO4. The monoisotopic (exact) mass is 437 g/mol. The van der Waals surface area contributed by atoms with Crippen LogP contribution in [0.1, 0.15) is 29.5 Å². The summed E-state index contributed by atoms with van der Waals surface area (Å²) in [6, 6.07) is 10.5. The molecule has 0 saturated carbocycles. The van der Waals surface area contributed by atoms with Crippen LogP contribution in [-0.4, -0.2) is 48.8 Å². The standard InChI is InChI=1S/C23H26F3NO4/c24-23(25,26)18-6-8-19(9-7-18)30-15-16-31-21-4-1-3-17-10-13-27(14-11-20(17)21)12-2-5-22(28)29/h1,3-4,6-9H,2,5,10-16H2,(H,28,29). The molecule has 8 heteroatoms. The van der Waals surface area contributed by atoms with Crippen LogP contribution in [0.25, 0.3) is 0 Å². The first-order valence-electron chi connectivity index (χ1n) is 10.3. The molecule has 1 aliphatic heterocycles. The van der Waals surface area contributed by atoms with Gasteiger partial charge in [0.2, 0.25) is 0 Å². The molecule has 5 nitrogen and oxygen atoms in total. The van der Waals surface area contributed by atoms with Crippen LogP contribution in [0.4, 0.5) is 13.2 Å². The number of carbonyl (C=O) groups is 1. The number of hydrogen-bond donors (Lipinski definition) is 1. The van der Waals surface area contributed by atoms with Gasteiger partial charge in [-0.2, -0.15) is 13.2 Å². The normalized spacial score (nSPS) is 14.5. The molecule has 0 aromatic heterocycles. The summed E-state index contributed by atoms with van der Waals surface area (Å²) >= 11 is 0. The zero-order chi connectivity index (χ0) is 22.3. The van der Waals surface area contributed by atoms with Crippen molar-refractivity contribution in [3.63, 3.8) is 0 Å². The van der Waals surface area contributed by atoms with Crippen LogP contribution in [0.3, 0.4) is 0 Å². The predicted octanol–water partition coefficient (Wildman–Crippen LogP) is 4.43. The van der Waals surface area contributed by atoms with Gasteiger partial charge in [0.1, 0.15) is 24.7 Å². The van der Waals surface area contributed by atoms with Crippen molar-refractivity contribution in [1.29, 1.82) is 0 Å². The van der Waals surface area contributed by atoms with E-state index in [1.807, 2.05) is 12.1 Å². The van der Waals surface area contributed by atoms with E-state index in [-0.39, 0.29) is 19.6 Å². The van der Waals surface area contributed by atoms with E-state index in [1.54, 1.807) is 0 Å². The number of ether oxygens (including phenoxy) is 2. The van der Waals surface area contributed by atoms with Crippen LogP contribution in [0.5, 0.6) is 11.5 Å². The first-order valence-corrected chi connectivity index (χ1v) is 10.3. The fourth-order valence-corrected chi connectivity index (χ4v) is 3.65. The van der Waals surface area contributed by atoms with E-state index in [1.165, 1.54) is 17.7 Å². The fraction of sp³-hybridized carbons (Fsp3) is 0.435. The zero-order valence-corrected chi connectivity index (χ0v) is 17.2. The van der Waals surface area contributed by atoms with E-state index in [2.05, 4.69) is 11.0 Å². The molecule has 0 radical (unpaired) electrons. The van der Waals surface area contributed by atoms with Crippen LogP contribution >= 0.6 is 0 Å². The minimum absolute atomic E-state index is 0.177. The quantitative estimate of drug-likeness (QED) is 0.589. The van der Waals surface area contributed by atoms with E-state index in [0.717, 1.165) is 55.9 Å². The number of rotatable bonds is 9. The van der Waals surface area contributed by atoms with E-state index in [9.17, 15) is 18.0 Å². The maximum absolute atomic E-state index is 12.6. The highest BCUT2D eigenvalue weighted by molar-refractivity contribution is 5.66. The number of benzene rings is 2. The van der Waals surface area contributed by atoms with E-state index < -0.39 is 17.7 Å². The van der Waals surface area contributed by atoms with Gasteiger partial charge in [-0.1, -0.05) is 12.1 Å². The summed E-state index contributed by atoms with van der Waals surface area (Å²) in [6.07, 6.45) is -1.86. The average Bonchev–Trinajstić information content (AvgIpc) is 2.94. The Labute approximate surface area is 179 Å². The highest BCUT2D eigenvalue weighted by Crippen LogP contribution is 2.30. The molecule has 0 aliphatic carbocycles. The molecule has 1 heterocycles. The lowest BCUT2D eigenvalue weighted by Crippen LogP contribution is -2.27. The lowest BCUT2D eigenvalue weighted by Gasteiger charge is -2.19. The number of carboxylic acids is 1. The number of halogens is 3. The van der Waals surface area contributed by atoms with Crippen molar-refractivity contribution in [1.82, 2.24) is 4.90 Å². The van der Waals surface area contributed by atoms with Crippen molar-refractivity contribution < 1.29 is 32.5 Å². The number of carboxylic acid groups (broad SMARTS) is 1. The second-order valence-electron chi connectivity index (χ2n) is 7.45. The second-order valence-corrected chi connectivity index (χ2v) is 7.45. The summed E-state index contributed by atoms with van der Waals surface area (Å²) < 4.78 is 49.2. The molecule has 0 spiro atoms. The third-order valence-corrected chi connectivity index (χ3v) is 5.26. The first kappa shape index (κ1) is 22.9. The molecule has 0 saturated heterocycles. The average molecular weight is 437 g/mol. The van der Waals surface area contributed by atoms with Crippen LogP contribution in [-0.2, 0) is 23.8 Å². The van der Waals surface area contributed by atoms with Crippen molar-refractivity contribution >= 4 is 5.97 Å². The molecule has 1 N–H and O–H groups in total. The van der Waals surface area contributed by atoms with Crippen molar-refractivity contribution in [2.24, 2.45) is 0 Å². The Morgan fingerprint density at radius 3 is 2.42 bits per heavy atom. The summed E-state index contributed by atoms with van der Waals surface area (Å²) in [5.74, 6) is 0.383. The molecule has 1 aliphatic rings. The lowest BCUT2D eigenvalue weighted by molar-refractivity contribution is -0.138. The van der Waals surface area contributed by atoms with Crippen LogP contribution in [0, 0.1) is 0 Å². The molecule has 0 amide bonds. The van der Waals surface area contributed by atoms with Crippen molar-refractivity contribution in [3.05, 3.63) is 59.2 Å². The second kappa shape index (κ2) is 10.5. The Morgan fingerprint density at radius 1 is 1.00 bits per heavy atom. The van der Waals surface area contributed by atoms with Gasteiger partial charge in [-0.05, 0) is 67.3 Å². The third-order valence-electron chi connectivity index (χ3n) is 5.26. The van der Waals surface area contributed by atoms with Gasteiger partial charge >= 0.3 is 12.1 Å². The van der Waals surface area contributed by atoms with Crippen molar-refractivity contribution in [2.45, 2.75) is 31.9 Å². The van der Waals surface area contributed by atoms with Gasteiger partial charge in [-0.3, -0.25) is 4.79 Å². The molecule has 0 atom stereocenters. The van der Waals surface area contributed by atoms with Crippen LogP contribution in [0.2, 0.25) is 0 Å². The van der Waals surface area contributed by atoms with Crippen LogP contribution in [0.15, 0.2) is 42.5 Å². The van der Waals surface area contributed by atoms with Crippen molar-refractivity contribution in [3.8, 4) is 11.5 Å². The van der Waals surface area contributed by atoms with E-state index >= 15 is 0 Å². The predicted molar refractivity (Wildman–Crippen MR) is 110 cm³/mol. The molecular weight excluding hydrogens is 411 g/mol. The molecule has 2 aromatic carbocycles. The number of nitrogens with zero attached hydrogens (tertiary/aromatic N) is 1. The summed E-state index contributed by atoms with van der Waals surface area (Å²) in [5.41, 5.74) is 1.67. The molecule has 2 aromatic rings. The maximum atomic E-state index is 12.6. The smallest absolute Gasteiger partial charge is 0.416 e. The largest absolute Gasteiger partial charge is 0.490 e. The Hall–Kier alpha value is -2.74. The van der Waals surface area contributed by atoms with Crippen LogP contribution < -0.4 is 9.47 Å². The van der Waals surface area contributed by atoms with Gasteiger partial charge in [0, 0.05) is 19.5 Å². The molecule has 31 heavy (non-hydrogen) atoms. The third kappa shape index (κ3) is 6.89. The van der Waals surface area contributed by atoms with Gasteiger partial charge in [-0.25, -0.2) is 0 Å². The number of fused-ring (bicyclic) bond motifs is 1. The van der Waals surface area contributed by atoms with Gasteiger partial charge < -0.3 is 19.5 Å². The zero-order valence-electron chi connectivity index (χ0n) is 17.2. The number of aliphatic carboxylic acids is 1. The first-order chi connectivity index (χ1) is 14.8. The maximum Gasteiger partial charge on any atom is 0.416 e. The minimum atomic E-state index is -4.36. The number of hydrogen-bond acceptors (Lipinski definition) is 4. The molecule has 168 valence electrons. The Balaban J connectivity index is 1.49. The Bertz CT molecular complexity index is 868. The van der Waals surface area contributed by atoms with Gasteiger partial charge in [0.25, 0.3) is 0 Å². The summed E-state index contributed by atoms with van der Waals surface area (Å²) in [6.45, 7) is 2.98. The fourth-order valence-electron chi connectivity index (χ4n) is 3.65. The molecule has 0 unspecified atom stereocenters. The lowest BCUT2D eigenvalue weighted by atomic mass is 10.0. The SMILES string of the molecule is O=C(O)CCCN1CCc2cccc(OCCOc3ccc(C(F)(F)F)cc3)c2CC1. The molecule has 0 fully saturated rings. The Morgan fingerprint density at radius 2 is 1.71 bits per heavy atom. The minimum Gasteiger partial charge on any atom is -0.490 e. The Kier molecular flexibility index (Phi) is 7.79. The topological polar surface area (TPSA) is 59.0 Å². The molecule has 3 rings (SSSR count). The van der Waals surface area contributed by atoms with Crippen molar-refractivity contribution in [2.75, 3.05) is 32.8 Å². The highest BCUT2D eigenvalue weighted by Gasteiger charge is 2.30. The van der Waals surface area contributed by atoms with E-state index in [0.29, 0.717) is 12.2 Å². The van der Waals surface area contributed by atoms with Gasteiger partial charge in [-0.15, -0.1) is 0 Å². The summed E-state index contributed by atoms with van der Waals surface area (Å²) in [4.78, 5) is 13.0. The highest BCUT2D eigenvalue weighted by atomic mass is 19.4.